The molecule has 0 spiro atoms. The minimum absolute atomic E-state index is 0. The molecule has 0 aliphatic heterocycles. The third-order valence-corrected chi connectivity index (χ3v) is 5.69. The Morgan fingerprint density at radius 3 is 2.00 bits per heavy atom. The summed E-state index contributed by atoms with van der Waals surface area (Å²) in [6.07, 6.45) is 11.8. The molecule has 2 heteroatoms. The fraction of sp³-hybridized carbons (Fsp3) is 0.500. The average Bonchev–Trinajstić information content (AvgIpc) is 2.62. The van der Waals surface area contributed by atoms with Gasteiger partial charge in [0.2, 0.25) is 0 Å². The van der Waals surface area contributed by atoms with Gasteiger partial charge in [0.05, 0.1) is 0 Å². The molecule has 1 aliphatic rings. The van der Waals surface area contributed by atoms with Gasteiger partial charge in [-0.1, -0.05) is 34.6 Å². The first-order chi connectivity index (χ1) is 9.90. The van der Waals surface area contributed by atoms with Crippen LogP contribution in [0.5, 0.6) is 0 Å². The van der Waals surface area contributed by atoms with E-state index in [0.717, 1.165) is 0 Å². The van der Waals surface area contributed by atoms with Crippen LogP contribution in [-0.2, 0) is 16.8 Å². The molecule has 0 saturated carbocycles. The SMILES string of the molecule is C[CH-]C1=C(\[Se])CCCC/C=C\1.Cc1c(C)c(C)[c-](C)c1C.[Co]. The van der Waals surface area contributed by atoms with E-state index in [4.69, 9.17) is 0 Å². The summed E-state index contributed by atoms with van der Waals surface area (Å²) in [5.41, 5.74) is 8.72. The molecule has 22 heavy (non-hydrogen) atoms. The van der Waals surface area contributed by atoms with Crippen LogP contribution in [0.2, 0.25) is 0 Å². The molecule has 0 nitrogen and oxygen atoms in total. The second kappa shape index (κ2) is 10.5. The van der Waals surface area contributed by atoms with Gasteiger partial charge in [-0.2, -0.15) is 27.8 Å². The molecule has 126 valence electrons. The summed E-state index contributed by atoms with van der Waals surface area (Å²) in [7, 11) is 0. The number of hydrogen-bond acceptors (Lipinski definition) is 0. The molecule has 0 amide bonds. The van der Waals surface area contributed by atoms with E-state index in [0.29, 0.717) is 0 Å². The normalized spacial score (nSPS) is 19.2. The Kier molecular flexibility index (Phi) is 10.4. The topological polar surface area (TPSA) is 0 Å². The Hall–Kier alpha value is -0.274. The smallest absolute Gasteiger partial charge is 0 e. The summed E-state index contributed by atoms with van der Waals surface area (Å²) < 4.78 is 1.42. The van der Waals surface area contributed by atoms with E-state index in [1.807, 2.05) is 0 Å². The zero-order valence-electron chi connectivity index (χ0n) is 14.8. The number of rotatable bonds is 1. The van der Waals surface area contributed by atoms with Gasteiger partial charge < -0.3 is 0 Å². The van der Waals surface area contributed by atoms with Crippen molar-refractivity contribution < 1.29 is 16.8 Å². The first-order valence-corrected chi connectivity index (χ1v) is 8.81. The second-order valence-corrected chi connectivity index (χ2v) is 6.97. The van der Waals surface area contributed by atoms with Crippen molar-refractivity contribution in [1.82, 2.24) is 0 Å². The van der Waals surface area contributed by atoms with Gasteiger partial charge in [0.15, 0.2) is 0 Å². The maximum atomic E-state index is 3.14. The first-order valence-electron chi connectivity index (χ1n) is 7.95. The minimum Gasteiger partial charge on any atom is -0.196 e. The third kappa shape index (κ3) is 5.74. The Labute approximate surface area is 156 Å². The molecule has 0 fully saturated rings. The average molecular weight is 407 g/mol. The molecule has 0 unspecified atom stereocenters. The van der Waals surface area contributed by atoms with Crippen LogP contribution < -0.4 is 0 Å². The molecule has 1 aromatic rings. The van der Waals surface area contributed by atoms with Gasteiger partial charge in [-0.3, -0.25) is 0 Å². The molecule has 2 radical (unpaired) electrons. The van der Waals surface area contributed by atoms with Crippen molar-refractivity contribution >= 4 is 16.0 Å². The van der Waals surface area contributed by atoms with Crippen molar-refractivity contribution in [3.05, 3.63) is 56.4 Å². The van der Waals surface area contributed by atoms with E-state index in [-0.39, 0.29) is 16.8 Å². The first kappa shape index (κ1) is 21.7. The molecule has 0 bridgehead atoms. The summed E-state index contributed by atoms with van der Waals surface area (Å²) >= 11 is 3.14. The molecular formula is C20H29CoSe-2. The van der Waals surface area contributed by atoms with Crippen LogP contribution in [0.4, 0.5) is 0 Å². The Morgan fingerprint density at radius 1 is 1.05 bits per heavy atom. The maximum absolute atomic E-state index is 3.14. The molecule has 0 atom stereocenters. The van der Waals surface area contributed by atoms with Gasteiger partial charge in [-0.15, -0.1) is 0 Å². The molecule has 0 heterocycles. The Morgan fingerprint density at radius 2 is 1.59 bits per heavy atom. The monoisotopic (exact) mass is 408 g/mol. The zero-order chi connectivity index (χ0) is 16.0. The Bertz CT molecular complexity index is 452. The minimum atomic E-state index is 0. The number of allylic oxidation sites excluding steroid dienone is 4. The summed E-state index contributed by atoms with van der Waals surface area (Å²) in [6, 6.07) is 0. The largest absolute Gasteiger partial charge is 0.196 e. The van der Waals surface area contributed by atoms with Crippen molar-refractivity contribution in [3.63, 3.8) is 0 Å². The molecule has 0 saturated heterocycles. The van der Waals surface area contributed by atoms with E-state index in [2.05, 4.69) is 76.1 Å². The zero-order valence-corrected chi connectivity index (χ0v) is 17.6. The molecule has 0 N–H and O–H groups in total. The van der Waals surface area contributed by atoms with Crippen molar-refractivity contribution in [3.8, 4) is 0 Å². The van der Waals surface area contributed by atoms with Gasteiger partial charge >= 0.3 is 77.2 Å². The molecule has 2 rings (SSSR count). The molecule has 1 aromatic carbocycles. The molecule has 1 aliphatic carbocycles. The van der Waals surface area contributed by atoms with Crippen LogP contribution >= 0.6 is 0 Å². The van der Waals surface area contributed by atoms with Crippen LogP contribution in [0.15, 0.2) is 22.2 Å². The van der Waals surface area contributed by atoms with E-state index >= 15 is 0 Å². The quantitative estimate of drug-likeness (QED) is 0.413. The van der Waals surface area contributed by atoms with Crippen LogP contribution in [0.1, 0.15) is 60.4 Å². The Balaban J connectivity index is 0.000000385. The van der Waals surface area contributed by atoms with Crippen LogP contribution in [0.25, 0.3) is 0 Å². The molecule has 0 aromatic heterocycles. The van der Waals surface area contributed by atoms with E-state index < -0.39 is 0 Å². The maximum Gasteiger partial charge on any atom is 0 e. The van der Waals surface area contributed by atoms with Gasteiger partial charge in [-0.25, -0.2) is 0 Å². The van der Waals surface area contributed by atoms with Crippen molar-refractivity contribution in [2.75, 3.05) is 0 Å². The van der Waals surface area contributed by atoms with Gasteiger partial charge in [0, 0.05) is 16.8 Å². The summed E-state index contributed by atoms with van der Waals surface area (Å²) in [6.45, 7) is 13.1. The van der Waals surface area contributed by atoms with Crippen molar-refractivity contribution in [2.45, 2.75) is 67.2 Å². The second-order valence-electron chi connectivity index (χ2n) is 5.94. The van der Waals surface area contributed by atoms with Crippen LogP contribution in [0, 0.1) is 41.0 Å². The predicted molar refractivity (Wildman–Crippen MR) is 96.1 cm³/mol. The van der Waals surface area contributed by atoms with Crippen molar-refractivity contribution in [1.29, 1.82) is 0 Å². The summed E-state index contributed by atoms with van der Waals surface area (Å²) in [4.78, 5) is 0. The summed E-state index contributed by atoms with van der Waals surface area (Å²) in [5, 5.41) is 0. The van der Waals surface area contributed by atoms with E-state index in [9.17, 15) is 0 Å². The van der Waals surface area contributed by atoms with Gasteiger partial charge in [0.1, 0.15) is 0 Å². The van der Waals surface area contributed by atoms with Crippen molar-refractivity contribution in [2.24, 2.45) is 0 Å². The predicted octanol–water partition coefficient (Wildman–Crippen LogP) is 5.71. The van der Waals surface area contributed by atoms with Crippen LogP contribution in [-0.4, -0.2) is 16.0 Å². The van der Waals surface area contributed by atoms with E-state index in [1.165, 1.54) is 63.5 Å². The third-order valence-electron chi connectivity index (χ3n) is 4.77. The van der Waals surface area contributed by atoms with Crippen LogP contribution in [0.3, 0.4) is 0 Å². The number of hydrogen-bond donors (Lipinski definition) is 0. The standard InChI is InChI=1S/C10H14Se.C10H15.Co/c1-2-9-7-5-3-4-6-8-10(9)11;1-6-7(2)9(4)10(5)8(6)3;/h2,5,7H,3-4,6,8H2,1H3;1-5H3;/q2*-1;/b7-5-,10-9+;;. The van der Waals surface area contributed by atoms with Gasteiger partial charge in [-0.05, 0) is 0 Å². The summed E-state index contributed by atoms with van der Waals surface area (Å²) in [5.74, 6) is 0. The van der Waals surface area contributed by atoms with Gasteiger partial charge in [0.25, 0.3) is 0 Å². The fourth-order valence-corrected chi connectivity index (χ4v) is 3.35. The molecular weight excluding hydrogens is 378 g/mol. The van der Waals surface area contributed by atoms with E-state index in [1.54, 1.807) is 0 Å². The fourth-order valence-electron chi connectivity index (χ4n) is 2.66.